The summed E-state index contributed by atoms with van der Waals surface area (Å²) >= 11 is 0. The molecule has 1 aliphatic heterocycles. The van der Waals surface area contributed by atoms with E-state index in [0.717, 1.165) is 11.3 Å². The van der Waals surface area contributed by atoms with Crippen LogP contribution in [0.2, 0.25) is 0 Å². The molecule has 1 aliphatic rings. The number of benzene rings is 1. The Morgan fingerprint density at radius 2 is 2.05 bits per heavy atom. The lowest BCUT2D eigenvalue weighted by molar-refractivity contribution is -0.142. The average Bonchev–Trinajstić information content (AvgIpc) is 2.46. The maximum Gasteiger partial charge on any atom is 0.223 e. The normalized spacial score (nSPS) is 22.7. The van der Waals surface area contributed by atoms with Crippen molar-refractivity contribution < 1.29 is 14.3 Å². The summed E-state index contributed by atoms with van der Waals surface area (Å²) in [5.74, 6) is 0.137. The lowest BCUT2D eigenvalue weighted by Crippen LogP contribution is -2.46. The van der Waals surface area contributed by atoms with Crippen LogP contribution in [0.3, 0.4) is 0 Å². The highest BCUT2D eigenvalue weighted by molar-refractivity contribution is 5.84. The summed E-state index contributed by atoms with van der Waals surface area (Å²) < 4.78 is 5.13. The second-order valence-electron chi connectivity index (χ2n) is 4.95. The van der Waals surface area contributed by atoms with E-state index in [2.05, 4.69) is 0 Å². The minimum Gasteiger partial charge on any atom is -0.497 e. The predicted molar refractivity (Wildman–Crippen MR) is 75.0 cm³/mol. The number of amides is 2. The summed E-state index contributed by atoms with van der Waals surface area (Å²) in [5, 5.41) is 0. The second-order valence-corrected chi connectivity index (χ2v) is 4.95. The molecule has 1 heterocycles. The smallest absolute Gasteiger partial charge is 0.223 e. The van der Waals surface area contributed by atoms with Gasteiger partial charge in [0.15, 0.2) is 0 Å². The van der Waals surface area contributed by atoms with Crippen molar-refractivity contribution in [3.05, 3.63) is 29.8 Å². The van der Waals surface area contributed by atoms with Gasteiger partial charge in [-0.1, -0.05) is 12.1 Å². The highest BCUT2D eigenvalue weighted by Gasteiger charge is 2.38. The number of nitrogens with two attached hydrogens (primary N) is 1. The average molecular weight is 276 g/mol. The Bertz CT molecular complexity index is 496. The van der Waals surface area contributed by atoms with E-state index < -0.39 is 0 Å². The topological polar surface area (TPSA) is 72.6 Å². The number of primary amides is 1. The van der Waals surface area contributed by atoms with Gasteiger partial charge in [-0.2, -0.15) is 0 Å². The molecule has 1 saturated heterocycles. The molecule has 5 nitrogen and oxygen atoms in total. The molecule has 5 heteroatoms. The summed E-state index contributed by atoms with van der Waals surface area (Å²) in [6.45, 7) is 2.48. The van der Waals surface area contributed by atoms with Gasteiger partial charge in [-0.15, -0.1) is 0 Å². The van der Waals surface area contributed by atoms with E-state index in [1.807, 2.05) is 31.2 Å². The molecule has 0 aromatic heterocycles. The lowest BCUT2D eigenvalue weighted by atomic mass is 9.84. The van der Waals surface area contributed by atoms with E-state index >= 15 is 0 Å². The molecule has 0 saturated carbocycles. The van der Waals surface area contributed by atoms with Crippen LogP contribution in [0.15, 0.2) is 24.3 Å². The monoisotopic (exact) mass is 276 g/mol. The highest BCUT2D eigenvalue weighted by Crippen LogP contribution is 2.36. The fraction of sp³-hybridized carbons (Fsp3) is 0.467. The molecule has 108 valence electrons. The summed E-state index contributed by atoms with van der Waals surface area (Å²) in [7, 11) is 1.60. The van der Waals surface area contributed by atoms with Crippen LogP contribution >= 0.6 is 0 Å². The Labute approximate surface area is 118 Å². The summed E-state index contributed by atoms with van der Waals surface area (Å²) in [5.41, 5.74) is 6.43. The van der Waals surface area contributed by atoms with Crippen molar-refractivity contribution in [1.82, 2.24) is 4.90 Å². The highest BCUT2D eigenvalue weighted by atomic mass is 16.5. The van der Waals surface area contributed by atoms with Gasteiger partial charge in [-0.05, 0) is 31.0 Å². The van der Waals surface area contributed by atoms with Gasteiger partial charge in [0.05, 0.1) is 19.1 Å². The number of rotatable bonds is 4. The molecular weight excluding hydrogens is 256 g/mol. The molecule has 2 atom stereocenters. The third kappa shape index (κ3) is 2.61. The van der Waals surface area contributed by atoms with Gasteiger partial charge in [-0.3, -0.25) is 9.59 Å². The number of hydrogen-bond acceptors (Lipinski definition) is 3. The first-order chi connectivity index (χ1) is 9.58. The molecule has 1 aromatic rings. The van der Waals surface area contributed by atoms with Gasteiger partial charge in [0.25, 0.3) is 0 Å². The third-order valence-corrected chi connectivity index (χ3v) is 3.87. The number of carbonyl (C=O) groups is 2. The Morgan fingerprint density at radius 3 is 2.55 bits per heavy atom. The lowest BCUT2D eigenvalue weighted by Gasteiger charge is -2.39. The van der Waals surface area contributed by atoms with Gasteiger partial charge in [-0.25, -0.2) is 0 Å². The van der Waals surface area contributed by atoms with Crippen LogP contribution in [0, 0.1) is 5.92 Å². The van der Waals surface area contributed by atoms with Crippen molar-refractivity contribution in [2.75, 3.05) is 13.7 Å². The zero-order valence-electron chi connectivity index (χ0n) is 11.8. The Hall–Kier alpha value is -2.04. The molecule has 1 aromatic carbocycles. The molecule has 2 rings (SSSR count). The van der Waals surface area contributed by atoms with Crippen LogP contribution in [0.4, 0.5) is 0 Å². The Kier molecular flexibility index (Phi) is 4.27. The van der Waals surface area contributed by atoms with Crippen molar-refractivity contribution in [1.29, 1.82) is 0 Å². The Morgan fingerprint density at radius 1 is 1.40 bits per heavy atom. The minimum atomic E-state index is -0.350. The van der Waals surface area contributed by atoms with E-state index in [9.17, 15) is 9.59 Å². The van der Waals surface area contributed by atoms with Crippen molar-refractivity contribution in [3.63, 3.8) is 0 Å². The molecule has 2 N–H and O–H groups in total. The molecule has 0 radical (unpaired) electrons. The number of piperidine rings is 1. The van der Waals surface area contributed by atoms with Gasteiger partial charge < -0.3 is 15.4 Å². The zero-order valence-corrected chi connectivity index (χ0v) is 11.8. The van der Waals surface area contributed by atoms with E-state index in [1.165, 1.54) is 0 Å². The molecule has 2 amide bonds. The van der Waals surface area contributed by atoms with Crippen LogP contribution < -0.4 is 10.5 Å². The first kappa shape index (κ1) is 14.4. The predicted octanol–water partition coefficient (Wildman–Crippen LogP) is 1.48. The van der Waals surface area contributed by atoms with Crippen molar-refractivity contribution >= 4 is 11.8 Å². The number of ether oxygens (including phenoxy) is 1. The standard InChI is InChI=1S/C15H20N2O3/c1-3-17-13(18)9-8-12(15(16)19)14(17)10-4-6-11(20-2)7-5-10/h4-7,12,14H,3,8-9H2,1-2H3,(H2,16,19)/t12-,14-/m1/s1. The summed E-state index contributed by atoms with van der Waals surface area (Å²) in [6, 6.07) is 7.17. The van der Waals surface area contributed by atoms with Crippen LogP contribution in [0.25, 0.3) is 0 Å². The van der Waals surface area contributed by atoms with Crippen molar-refractivity contribution in [3.8, 4) is 5.75 Å². The molecular formula is C15H20N2O3. The fourth-order valence-electron chi connectivity index (χ4n) is 2.84. The molecule has 20 heavy (non-hydrogen) atoms. The van der Waals surface area contributed by atoms with Crippen molar-refractivity contribution in [2.24, 2.45) is 11.7 Å². The van der Waals surface area contributed by atoms with E-state index in [1.54, 1.807) is 12.0 Å². The molecule has 0 aliphatic carbocycles. The van der Waals surface area contributed by atoms with Crippen molar-refractivity contribution in [2.45, 2.75) is 25.8 Å². The van der Waals surface area contributed by atoms with Crippen LogP contribution in [0.1, 0.15) is 31.4 Å². The van der Waals surface area contributed by atoms with Gasteiger partial charge in [0, 0.05) is 13.0 Å². The number of hydrogen-bond donors (Lipinski definition) is 1. The van der Waals surface area contributed by atoms with Crippen LogP contribution in [-0.2, 0) is 9.59 Å². The SMILES string of the molecule is CCN1C(=O)CC[C@@H](C(N)=O)[C@H]1c1ccc(OC)cc1. The summed E-state index contributed by atoms with van der Waals surface area (Å²) in [6.07, 6.45) is 0.898. The van der Waals surface area contributed by atoms with Gasteiger partial charge >= 0.3 is 0 Å². The quantitative estimate of drug-likeness (QED) is 0.905. The second kappa shape index (κ2) is 5.94. The maximum absolute atomic E-state index is 12.0. The Balaban J connectivity index is 2.38. The number of nitrogens with zero attached hydrogens (tertiary/aromatic N) is 1. The number of likely N-dealkylation sites (tertiary alicyclic amines) is 1. The number of methoxy groups -OCH3 is 1. The zero-order chi connectivity index (χ0) is 14.7. The maximum atomic E-state index is 12.0. The molecule has 0 unspecified atom stereocenters. The minimum absolute atomic E-state index is 0.0748. The first-order valence-electron chi connectivity index (χ1n) is 6.81. The van der Waals surface area contributed by atoms with Gasteiger partial charge in [0.2, 0.25) is 11.8 Å². The molecule has 1 fully saturated rings. The fourth-order valence-corrected chi connectivity index (χ4v) is 2.84. The van der Waals surface area contributed by atoms with Crippen LogP contribution in [0.5, 0.6) is 5.75 Å². The number of carbonyl (C=O) groups excluding carboxylic acids is 2. The van der Waals surface area contributed by atoms with Crippen LogP contribution in [-0.4, -0.2) is 30.4 Å². The molecule has 0 bridgehead atoms. The van der Waals surface area contributed by atoms with E-state index in [4.69, 9.17) is 10.5 Å². The van der Waals surface area contributed by atoms with E-state index in [-0.39, 0.29) is 23.8 Å². The van der Waals surface area contributed by atoms with E-state index in [0.29, 0.717) is 19.4 Å². The largest absolute Gasteiger partial charge is 0.497 e. The van der Waals surface area contributed by atoms with Gasteiger partial charge in [0.1, 0.15) is 5.75 Å². The first-order valence-corrected chi connectivity index (χ1v) is 6.81. The molecule has 0 spiro atoms. The third-order valence-electron chi connectivity index (χ3n) is 3.87. The summed E-state index contributed by atoms with van der Waals surface area (Å²) in [4.78, 5) is 25.5.